The minimum absolute atomic E-state index is 0.635. The van der Waals surface area contributed by atoms with Crippen LogP contribution in [0.15, 0.2) is 48.9 Å². The second kappa shape index (κ2) is 7.41. The number of nitrogens with zero attached hydrogens (tertiary/aromatic N) is 4. The van der Waals surface area contributed by atoms with Crippen molar-refractivity contribution in [2.24, 2.45) is 0 Å². The Hall–Kier alpha value is -1.78. The Labute approximate surface area is 144 Å². The van der Waals surface area contributed by atoms with E-state index < -0.39 is 0 Å². The zero-order chi connectivity index (χ0) is 16.2. The third-order valence-corrected chi connectivity index (χ3v) is 5.60. The van der Waals surface area contributed by atoms with Gasteiger partial charge >= 0.3 is 0 Å². The van der Waals surface area contributed by atoms with Gasteiger partial charge in [-0.15, -0.1) is 0 Å². The molecule has 4 heteroatoms. The molecule has 2 saturated heterocycles. The van der Waals surface area contributed by atoms with Crippen molar-refractivity contribution in [1.29, 1.82) is 0 Å². The van der Waals surface area contributed by atoms with E-state index in [-0.39, 0.29) is 0 Å². The van der Waals surface area contributed by atoms with Crippen molar-refractivity contribution < 1.29 is 0 Å². The molecule has 0 saturated carbocycles. The van der Waals surface area contributed by atoms with Gasteiger partial charge < -0.3 is 0 Å². The normalized spacial score (nSPS) is 21.8. The summed E-state index contributed by atoms with van der Waals surface area (Å²) in [7, 11) is 0. The molecular weight excluding hydrogens is 296 g/mol. The molecule has 2 fully saturated rings. The van der Waals surface area contributed by atoms with E-state index in [1.54, 1.807) is 0 Å². The van der Waals surface area contributed by atoms with E-state index in [4.69, 9.17) is 0 Å². The second-order valence-electron chi connectivity index (χ2n) is 7.00. The van der Waals surface area contributed by atoms with Gasteiger partial charge in [0.25, 0.3) is 0 Å². The summed E-state index contributed by atoms with van der Waals surface area (Å²) in [6.45, 7) is 4.68. The van der Waals surface area contributed by atoms with Gasteiger partial charge in [0.05, 0.1) is 0 Å². The van der Waals surface area contributed by atoms with E-state index in [1.165, 1.54) is 63.1 Å². The molecular formula is C20H26N4. The maximum atomic E-state index is 4.55. The predicted octanol–water partition coefficient (Wildman–Crippen LogP) is 3.45. The summed E-state index contributed by atoms with van der Waals surface area (Å²) in [5.41, 5.74) is 2.68. The molecule has 0 N–H and O–H groups in total. The van der Waals surface area contributed by atoms with Gasteiger partial charge in [0.2, 0.25) is 0 Å². The second-order valence-corrected chi connectivity index (χ2v) is 7.00. The number of hydrogen-bond donors (Lipinski definition) is 0. The zero-order valence-corrected chi connectivity index (χ0v) is 14.2. The first-order chi connectivity index (χ1) is 11.9. The topological polar surface area (TPSA) is 32.3 Å². The third kappa shape index (κ3) is 3.50. The van der Waals surface area contributed by atoms with E-state index in [0.29, 0.717) is 11.8 Å². The highest BCUT2D eigenvalue weighted by Crippen LogP contribution is 2.31. The van der Waals surface area contributed by atoms with Crippen LogP contribution in [-0.4, -0.2) is 46.2 Å². The number of pyridine rings is 2. The zero-order valence-electron chi connectivity index (χ0n) is 14.2. The SMILES string of the molecule is c1ccc(C2CCN(N3CCC(c4cccnc4)CC3)CC2)nc1. The monoisotopic (exact) mass is 322 g/mol. The molecule has 2 aromatic rings. The van der Waals surface area contributed by atoms with E-state index in [9.17, 15) is 0 Å². The van der Waals surface area contributed by atoms with Crippen molar-refractivity contribution in [2.75, 3.05) is 26.2 Å². The molecule has 2 aliphatic rings. The van der Waals surface area contributed by atoms with E-state index in [2.05, 4.69) is 44.3 Å². The van der Waals surface area contributed by atoms with Crippen LogP contribution in [-0.2, 0) is 0 Å². The van der Waals surface area contributed by atoms with Gasteiger partial charge in [-0.3, -0.25) is 9.97 Å². The molecule has 2 aliphatic heterocycles. The van der Waals surface area contributed by atoms with Gasteiger partial charge in [-0.1, -0.05) is 12.1 Å². The number of aromatic nitrogens is 2. The fourth-order valence-electron chi connectivity index (χ4n) is 4.16. The van der Waals surface area contributed by atoms with Gasteiger partial charge in [-0.2, -0.15) is 0 Å². The molecule has 0 radical (unpaired) electrons. The van der Waals surface area contributed by atoms with E-state index >= 15 is 0 Å². The number of hydrazine groups is 1. The summed E-state index contributed by atoms with van der Waals surface area (Å²) in [5.74, 6) is 1.32. The maximum absolute atomic E-state index is 4.55. The summed E-state index contributed by atoms with van der Waals surface area (Å²) in [6, 6.07) is 10.6. The van der Waals surface area contributed by atoms with Gasteiger partial charge in [0.1, 0.15) is 0 Å². The van der Waals surface area contributed by atoms with Crippen LogP contribution in [0.3, 0.4) is 0 Å². The molecule has 24 heavy (non-hydrogen) atoms. The lowest BCUT2D eigenvalue weighted by Crippen LogP contribution is -2.49. The van der Waals surface area contributed by atoms with E-state index in [1.807, 2.05) is 24.7 Å². The molecule has 2 aromatic heterocycles. The summed E-state index contributed by atoms with van der Waals surface area (Å²) in [5, 5.41) is 5.17. The Morgan fingerprint density at radius 1 is 0.750 bits per heavy atom. The van der Waals surface area contributed by atoms with Crippen LogP contribution in [0, 0.1) is 0 Å². The molecule has 4 heterocycles. The van der Waals surface area contributed by atoms with Crippen molar-refractivity contribution in [3.05, 3.63) is 60.2 Å². The molecule has 0 amide bonds. The molecule has 4 nitrogen and oxygen atoms in total. The maximum Gasteiger partial charge on any atom is 0.0435 e. The Morgan fingerprint density at radius 3 is 2.04 bits per heavy atom. The Morgan fingerprint density at radius 2 is 1.46 bits per heavy atom. The van der Waals surface area contributed by atoms with Crippen LogP contribution in [0.1, 0.15) is 48.8 Å². The van der Waals surface area contributed by atoms with Gasteiger partial charge in [0.15, 0.2) is 0 Å². The van der Waals surface area contributed by atoms with Crippen molar-refractivity contribution in [1.82, 2.24) is 20.0 Å². The summed E-state index contributed by atoms with van der Waals surface area (Å²) in [4.78, 5) is 8.82. The van der Waals surface area contributed by atoms with Crippen LogP contribution < -0.4 is 0 Å². The van der Waals surface area contributed by atoms with Gasteiger partial charge in [-0.05, 0) is 55.4 Å². The molecule has 126 valence electrons. The third-order valence-electron chi connectivity index (χ3n) is 5.60. The first-order valence-electron chi connectivity index (χ1n) is 9.21. The van der Waals surface area contributed by atoms with Gasteiger partial charge in [0, 0.05) is 56.4 Å². The summed E-state index contributed by atoms with van der Waals surface area (Å²) < 4.78 is 0. The fourth-order valence-corrected chi connectivity index (χ4v) is 4.16. The van der Waals surface area contributed by atoms with Crippen LogP contribution in [0.2, 0.25) is 0 Å². The van der Waals surface area contributed by atoms with Crippen LogP contribution in [0.5, 0.6) is 0 Å². The predicted molar refractivity (Wildman–Crippen MR) is 95.6 cm³/mol. The van der Waals surface area contributed by atoms with Crippen LogP contribution in [0.25, 0.3) is 0 Å². The molecule has 0 atom stereocenters. The minimum Gasteiger partial charge on any atom is -0.264 e. The average molecular weight is 322 g/mol. The van der Waals surface area contributed by atoms with Crippen molar-refractivity contribution in [3.63, 3.8) is 0 Å². The number of piperidine rings is 2. The van der Waals surface area contributed by atoms with Crippen molar-refractivity contribution in [3.8, 4) is 0 Å². The largest absolute Gasteiger partial charge is 0.264 e. The summed E-state index contributed by atoms with van der Waals surface area (Å²) in [6.07, 6.45) is 10.8. The molecule has 4 rings (SSSR count). The Bertz CT molecular complexity index is 557. The summed E-state index contributed by atoms with van der Waals surface area (Å²) >= 11 is 0. The van der Waals surface area contributed by atoms with Crippen LogP contribution >= 0.6 is 0 Å². The van der Waals surface area contributed by atoms with Crippen LogP contribution in [0.4, 0.5) is 0 Å². The molecule has 0 unspecified atom stereocenters. The quantitative estimate of drug-likeness (QED) is 0.866. The molecule has 0 bridgehead atoms. The number of rotatable bonds is 3. The lowest BCUT2D eigenvalue weighted by Gasteiger charge is -2.43. The van der Waals surface area contributed by atoms with Gasteiger partial charge in [-0.25, -0.2) is 10.0 Å². The van der Waals surface area contributed by atoms with Crippen molar-refractivity contribution >= 4 is 0 Å². The Balaban J connectivity index is 1.28. The first-order valence-corrected chi connectivity index (χ1v) is 9.21. The van der Waals surface area contributed by atoms with E-state index in [0.717, 1.165) is 0 Å². The number of hydrogen-bond acceptors (Lipinski definition) is 4. The highest BCUT2D eigenvalue weighted by atomic mass is 15.6. The lowest BCUT2D eigenvalue weighted by molar-refractivity contribution is -0.0587. The standard InChI is InChI=1S/C20H26N4/c1-2-11-22-20(5-1)18-8-14-24(15-9-18)23-12-6-17(7-13-23)19-4-3-10-21-16-19/h1-5,10-11,16-18H,6-9,12-15H2. The molecule has 0 aliphatic carbocycles. The lowest BCUT2D eigenvalue weighted by atomic mass is 9.90. The smallest absolute Gasteiger partial charge is 0.0435 e. The van der Waals surface area contributed by atoms with Crippen molar-refractivity contribution in [2.45, 2.75) is 37.5 Å². The molecule has 0 aromatic carbocycles. The molecule has 0 spiro atoms. The fraction of sp³-hybridized carbons (Fsp3) is 0.500. The Kier molecular flexibility index (Phi) is 4.86. The minimum atomic E-state index is 0.635. The average Bonchev–Trinajstić information content (AvgIpc) is 2.70. The highest BCUT2D eigenvalue weighted by molar-refractivity contribution is 5.15. The highest BCUT2D eigenvalue weighted by Gasteiger charge is 2.28. The first kappa shape index (κ1) is 15.7.